The molecule has 0 heterocycles. The van der Waals surface area contributed by atoms with Crippen molar-refractivity contribution >= 4 is 21.4 Å². The van der Waals surface area contributed by atoms with Crippen LogP contribution in [0.25, 0.3) is 11.1 Å². The quantitative estimate of drug-likeness (QED) is 0.121. The van der Waals surface area contributed by atoms with Crippen LogP contribution >= 0.6 is 0 Å². The van der Waals surface area contributed by atoms with E-state index >= 15 is 0 Å². The highest BCUT2D eigenvalue weighted by Gasteiger charge is 2.39. The Balaban J connectivity index is 0.000000194. The second-order valence-electron chi connectivity index (χ2n) is 16.7. The van der Waals surface area contributed by atoms with Gasteiger partial charge < -0.3 is 4.74 Å². The lowest BCUT2D eigenvalue weighted by atomic mass is 9.63. The highest BCUT2D eigenvalue weighted by molar-refractivity contribution is 7.92. The molecular weight excluding hydrogens is 773 g/mol. The summed E-state index contributed by atoms with van der Waals surface area (Å²) in [4.78, 5) is 22.4. The molecule has 0 spiro atoms. The number of fused-ring (bicyclic) bond motifs is 3. The average Bonchev–Trinajstić information content (AvgIpc) is 3.58. The zero-order valence-electron chi connectivity index (χ0n) is 37.6. The third-order valence-electron chi connectivity index (χ3n) is 11.1. The zero-order chi connectivity index (χ0) is 44.7. The van der Waals surface area contributed by atoms with Gasteiger partial charge in [-0.3, -0.25) is 9.59 Å². The number of aryl methyl sites for hydroxylation is 1. The van der Waals surface area contributed by atoms with Crippen molar-refractivity contribution in [2.24, 2.45) is 17.8 Å². The van der Waals surface area contributed by atoms with E-state index in [1.54, 1.807) is 32.9 Å². The van der Waals surface area contributed by atoms with E-state index in [9.17, 15) is 18.0 Å². The predicted molar refractivity (Wildman–Crippen MR) is 253 cm³/mol. The van der Waals surface area contributed by atoms with Gasteiger partial charge in [-0.1, -0.05) is 199 Å². The molecule has 0 radical (unpaired) electrons. The topological polar surface area (TPSA) is 77.5 Å². The first-order valence-electron chi connectivity index (χ1n) is 21.3. The smallest absolute Gasteiger partial charge is 0.180 e. The van der Waals surface area contributed by atoms with Crippen molar-refractivity contribution in [3.63, 3.8) is 0 Å². The van der Waals surface area contributed by atoms with Gasteiger partial charge in [-0.05, 0) is 84.7 Å². The summed E-state index contributed by atoms with van der Waals surface area (Å²) in [6.45, 7) is 19.3. The molecule has 0 bridgehead atoms. The van der Waals surface area contributed by atoms with E-state index in [1.807, 2.05) is 71.0 Å². The zero-order valence-corrected chi connectivity index (χ0v) is 38.4. The molecule has 0 fully saturated rings. The summed E-state index contributed by atoms with van der Waals surface area (Å²) in [6.07, 6.45) is -0.120. The van der Waals surface area contributed by atoms with Crippen LogP contribution in [0, 0.1) is 24.7 Å². The van der Waals surface area contributed by atoms with Gasteiger partial charge in [0.25, 0.3) is 0 Å². The highest BCUT2D eigenvalue weighted by Crippen LogP contribution is 2.46. The molecule has 0 aromatic heterocycles. The molecule has 0 amide bonds. The van der Waals surface area contributed by atoms with E-state index in [1.165, 1.54) is 27.8 Å². The minimum Gasteiger partial charge on any atom is -0.361 e. The van der Waals surface area contributed by atoms with Crippen molar-refractivity contribution in [3.05, 3.63) is 197 Å². The van der Waals surface area contributed by atoms with Crippen LogP contribution in [0.5, 0.6) is 0 Å². The second kappa shape index (κ2) is 22.4. The Morgan fingerprint density at radius 1 is 0.541 bits per heavy atom. The summed E-state index contributed by atoms with van der Waals surface area (Å²) in [6, 6.07) is 56.0. The predicted octanol–water partition coefficient (Wildman–Crippen LogP) is 13.1. The Bertz CT molecular complexity index is 2240. The fourth-order valence-corrected chi connectivity index (χ4v) is 8.28. The molecule has 5 nitrogen and oxygen atoms in total. The molecule has 320 valence electrons. The van der Waals surface area contributed by atoms with Crippen LogP contribution in [0.4, 0.5) is 0 Å². The van der Waals surface area contributed by atoms with Crippen molar-refractivity contribution in [2.45, 2.75) is 90.9 Å². The molecule has 6 aromatic carbocycles. The number of ether oxygens (including phenoxy) is 1. The molecule has 6 heteroatoms. The van der Waals surface area contributed by atoms with Crippen LogP contribution < -0.4 is 0 Å². The number of carbonyl (C=O) groups excluding carboxylic acids is 2. The molecule has 0 N–H and O–H groups in total. The third-order valence-corrected chi connectivity index (χ3v) is 13.3. The number of rotatable bonds is 11. The molecule has 6 aromatic rings. The summed E-state index contributed by atoms with van der Waals surface area (Å²) in [5.41, 5.74) is 9.74. The van der Waals surface area contributed by atoms with Crippen LogP contribution in [0.15, 0.2) is 169 Å². The maximum Gasteiger partial charge on any atom is 0.180 e. The van der Waals surface area contributed by atoms with Gasteiger partial charge in [-0.2, -0.15) is 0 Å². The lowest BCUT2D eigenvalue weighted by molar-refractivity contribution is -0.127. The molecular formula is C55H64O5S. The highest BCUT2D eigenvalue weighted by atomic mass is 32.2. The van der Waals surface area contributed by atoms with Gasteiger partial charge in [0.15, 0.2) is 15.6 Å². The van der Waals surface area contributed by atoms with Crippen molar-refractivity contribution in [1.82, 2.24) is 0 Å². The normalized spacial score (nSPS) is 12.0. The largest absolute Gasteiger partial charge is 0.361 e. The maximum atomic E-state index is 11.8. The number of sulfone groups is 1. The molecule has 0 atom stereocenters. The Kier molecular flexibility index (Phi) is 17.7. The van der Waals surface area contributed by atoms with Crippen LogP contribution in [-0.4, -0.2) is 31.8 Å². The maximum absolute atomic E-state index is 11.8. The molecule has 0 saturated heterocycles. The SMILES string of the molecule is CC(=O)C(C)C.CC(C)C(=O)COC1c2ccccc2-c2ccccc21.CC(C)C(c1ccccc1)(c1ccccc1)c1ccccc1.Cc1ccc(S(=O)(=O)C(C)C)cc1. The van der Waals surface area contributed by atoms with Crippen molar-refractivity contribution in [2.75, 3.05) is 6.61 Å². The number of hydrogen-bond donors (Lipinski definition) is 0. The number of ketones is 2. The standard InChI is InChI=1S/C22H22.C18H18O2.C10H14O2S.C5H10O/c1-18(2)22(19-12-6-3-7-13-19,20-14-8-4-9-15-20)21-16-10-5-11-17-21;1-12(2)17(19)11-20-18-15-9-5-3-7-13(15)14-8-4-6-10-16(14)18;1-8(2)13(11,12)10-6-4-9(3)5-7-10;1-4(2)5(3)6/h3-18H,1-2H3;3-10,12,18H,11H2,1-2H3;4-8H,1-3H3;4H,1-3H3. The Morgan fingerprint density at radius 2 is 0.902 bits per heavy atom. The molecule has 7 rings (SSSR count). The van der Waals surface area contributed by atoms with Crippen molar-refractivity contribution < 1.29 is 22.7 Å². The van der Waals surface area contributed by atoms with Crippen molar-refractivity contribution in [1.29, 1.82) is 0 Å². The molecule has 1 aliphatic rings. The van der Waals surface area contributed by atoms with Gasteiger partial charge in [-0.15, -0.1) is 0 Å². The summed E-state index contributed by atoms with van der Waals surface area (Å²) in [5, 5.41) is -0.352. The van der Waals surface area contributed by atoms with Gasteiger partial charge in [0, 0.05) is 17.3 Å². The monoisotopic (exact) mass is 836 g/mol. The average molecular weight is 837 g/mol. The lowest BCUT2D eigenvalue weighted by Crippen LogP contribution is -2.35. The molecule has 0 saturated carbocycles. The first kappa shape index (κ1) is 48.2. The van der Waals surface area contributed by atoms with Crippen LogP contribution in [-0.2, 0) is 29.6 Å². The van der Waals surface area contributed by atoms with E-state index in [2.05, 4.69) is 129 Å². The minimum atomic E-state index is -3.09. The van der Waals surface area contributed by atoms with Crippen LogP contribution in [0.1, 0.15) is 102 Å². The number of benzene rings is 6. The summed E-state index contributed by atoms with van der Waals surface area (Å²) >= 11 is 0. The molecule has 61 heavy (non-hydrogen) atoms. The number of carbonyl (C=O) groups is 2. The van der Waals surface area contributed by atoms with E-state index in [0.29, 0.717) is 10.8 Å². The summed E-state index contributed by atoms with van der Waals surface area (Å²) in [7, 11) is -3.09. The Labute approximate surface area is 366 Å². The van der Waals surface area contributed by atoms with Gasteiger partial charge in [0.05, 0.1) is 10.1 Å². The first-order valence-corrected chi connectivity index (χ1v) is 22.9. The van der Waals surface area contributed by atoms with E-state index < -0.39 is 9.84 Å². The number of hydrogen-bond acceptors (Lipinski definition) is 5. The van der Waals surface area contributed by atoms with E-state index in [4.69, 9.17) is 4.74 Å². The molecule has 0 aliphatic heterocycles. The third kappa shape index (κ3) is 12.1. The van der Waals surface area contributed by atoms with Gasteiger partial charge in [0.1, 0.15) is 18.5 Å². The Hall–Kier alpha value is -5.43. The van der Waals surface area contributed by atoms with Crippen LogP contribution in [0.3, 0.4) is 0 Å². The second-order valence-corrected chi connectivity index (χ2v) is 19.2. The summed E-state index contributed by atoms with van der Waals surface area (Å²) in [5.74, 6) is 1.08. The van der Waals surface area contributed by atoms with Gasteiger partial charge in [0.2, 0.25) is 0 Å². The molecule has 0 unspecified atom stereocenters. The van der Waals surface area contributed by atoms with Crippen molar-refractivity contribution in [3.8, 4) is 11.1 Å². The van der Waals surface area contributed by atoms with Crippen LogP contribution in [0.2, 0.25) is 0 Å². The fourth-order valence-electron chi connectivity index (χ4n) is 7.22. The molecule has 1 aliphatic carbocycles. The Morgan fingerprint density at radius 3 is 1.23 bits per heavy atom. The van der Waals surface area contributed by atoms with E-state index in [-0.39, 0.29) is 46.8 Å². The van der Waals surface area contributed by atoms with E-state index in [0.717, 1.165) is 16.7 Å². The minimum absolute atomic E-state index is 0.0156. The first-order chi connectivity index (χ1) is 29.0. The lowest BCUT2D eigenvalue weighted by Gasteiger charge is -2.39. The summed E-state index contributed by atoms with van der Waals surface area (Å²) < 4.78 is 29.2. The van der Waals surface area contributed by atoms with Gasteiger partial charge >= 0.3 is 0 Å². The van der Waals surface area contributed by atoms with Gasteiger partial charge in [-0.25, -0.2) is 8.42 Å². The number of Topliss-reactive ketones (excluding diaryl/α,β-unsaturated/α-hetero) is 2. The fraction of sp³-hybridized carbons (Fsp3) is 0.309.